The summed E-state index contributed by atoms with van der Waals surface area (Å²) in [6.07, 6.45) is 1.16. The van der Waals surface area contributed by atoms with Gasteiger partial charge < -0.3 is 4.90 Å². The summed E-state index contributed by atoms with van der Waals surface area (Å²) < 4.78 is 0. The largest absolute Gasteiger partial charge is 0.366 e. The summed E-state index contributed by atoms with van der Waals surface area (Å²) in [6.45, 7) is 4.38. The van der Waals surface area contributed by atoms with E-state index in [1.165, 1.54) is 5.84 Å². The van der Waals surface area contributed by atoms with Crippen molar-refractivity contribution in [2.45, 2.75) is 20.3 Å². The van der Waals surface area contributed by atoms with Crippen molar-refractivity contribution in [1.29, 1.82) is 0 Å². The summed E-state index contributed by atoms with van der Waals surface area (Å²) in [5.41, 5.74) is 0. The van der Waals surface area contributed by atoms with E-state index in [-0.39, 0.29) is 0 Å². The van der Waals surface area contributed by atoms with Crippen molar-refractivity contribution in [2.75, 3.05) is 21.1 Å². The number of rotatable bonds is 2. The molecule has 60 valence electrons. The van der Waals surface area contributed by atoms with Crippen LogP contribution in [0.25, 0.3) is 0 Å². The Morgan fingerprint density at radius 3 is 2.10 bits per heavy atom. The van der Waals surface area contributed by atoms with Crippen LogP contribution < -0.4 is 0 Å². The standard InChI is InChI=1S/C8H18N2/c1-6-7(2)8(9-3)10(4)5/h7H,6H2,1-5H3/b9-8-. The van der Waals surface area contributed by atoms with Crippen molar-refractivity contribution in [3.63, 3.8) is 0 Å². The number of nitrogens with zero attached hydrogens (tertiary/aromatic N) is 2. The van der Waals surface area contributed by atoms with E-state index in [1.54, 1.807) is 0 Å². The lowest BCUT2D eigenvalue weighted by Crippen LogP contribution is -2.27. The van der Waals surface area contributed by atoms with Gasteiger partial charge in [0.1, 0.15) is 5.84 Å². The molecule has 1 unspecified atom stereocenters. The van der Waals surface area contributed by atoms with Crippen molar-refractivity contribution in [2.24, 2.45) is 10.9 Å². The molecule has 0 aromatic rings. The highest BCUT2D eigenvalue weighted by Crippen LogP contribution is 2.04. The topological polar surface area (TPSA) is 15.6 Å². The summed E-state index contributed by atoms with van der Waals surface area (Å²) in [5, 5.41) is 0. The molecule has 0 heterocycles. The first kappa shape index (κ1) is 9.47. The molecule has 0 fully saturated rings. The molecule has 1 atom stereocenters. The van der Waals surface area contributed by atoms with Gasteiger partial charge in [-0.05, 0) is 6.42 Å². The Hall–Kier alpha value is -0.530. The summed E-state index contributed by atoms with van der Waals surface area (Å²) in [6, 6.07) is 0. The lowest BCUT2D eigenvalue weighted by atomic mass is 10.1. The maximum absolute atomic E-state index is 4.20. The van der Waals surface area contributed by atoms with Gasteiger partial charge >= 0.3 is 0 Å². The van der Waals surface area contributed by atoms with E-state index in [0.29, 0.717) is 5.92 Å². The Morgan fingerprint density at radius 2 is 2.00 bits per heavy atom. The third kappa shape index (κ3) is 2.38. The van der Waals surface area contributed by atoms with Crippen LogP contribution in [0, 0.1) is 5.92 Å². The second-order valence-corrected chi connectivity index (χ2v) is 2.79. The van der Waals surface area contributed by atoms with Crippen LogP contribution in [0.1, 0.15) is 20.3 Å². The van der Waals surface area contributed by atoms with Gasteiger partial charge in [-0.25, -0.2) is 0 Å². The van der Waals surface area contributed by atoms with Crippen molar-refractivity contribution < 1.29 is 0 Å². The number of amidine groups is 1. The third-order valence-electron chi connectivity index (χ3n) is 1.74. The fourth-order valence-corrected chi connectivity index (χ4v) is 1.04. The van der Waals surface area contributed by atoms with Gasteiger partial charge in [0, 0.05) is 27.1 Å². The van der Waals surface area contributed by atoms with E-state index >= 15 is 0 Å². The fourth-order valence-electron chi connectivity index (χ4n) is 1.04. The maximum atomic E-state index is 4.20. The van der Waals surface area contributed by atoms with Crippen LogP contribution in [0.5, 0.6) is 0 Å². The smallest absolute Gasteiger partial charge is 0.101 e. The second-order valence-electron chi connectivity index (χ2n) is 2.79. The van der Waals surface area contributed by atoms with Crippen molar-refractivity contribution in [3.05, 3.63) is 0 Å². The Kier molecular flexibility index (Phi) is 4.08. The summed E-state index contributed by atoms with van der Waals surface area (Å²) in [7, 11) is 5.92. The Labute approximate surface area is 63.9 Å². The predicted octanol–water partition coefficient (Wildman–Crippen LogP) is 1.62. The van der Waals surface area contributed by atoms with Gasteiger partial charge in [0.15, 0.2) is 0 Å². The molecule has 2 heteroatoms. The average Bonchev–Trinajstić information content (AvgIpc) is 1.88. The average molecular weight is 142 g/mol. The van der Waals surface area contributed by atoms with Gasteiger partial charge in [0.25, 0.3) is 0 Å². The molecule has 0 aromatic carbocycles. The molecule has 0 N–H and O–H groups in total. The molecule has 0 aromatic heterocycles. The fraction of sp³-hybridized carbons (Fsp3) is 0.875. The van der Waals surface area contributed by atoms with E-state index in [0.717, 1.165) is 6.42 Å². The van der Waals surface area contributed by atoms with E-state index in [4.69, 9.17) is 0 Å². The highest BCUT2D eigenvalue weighted by atomic mass is 15.1. The molecule has 0 aliphatic carbocycles. The van der Waals surface area contributed by atoms with Crippen LogP contribution in [0.2, 0.25) is 0 Å². The summed E-state index contributed by atoms with van der Waals surface area (Å²) >= 11 is 0. The van der Waals surface area contributed by atoms with Crippen LogP contribution in [-0.4, -0.2) is 31.9 Å². The van der Waals surface area contributed by atoms with Crippen LogP contribution in [0.4, 0.5) is 0 Å². The third-order valence-corrected chi connectivity index (χ3v) is 1.74. The Bertz CT molecular complexity index is 116. The minimum atomic E-state index is 0.583. The van der Waals surface area contributed by atoms with E-state index in [9.17, 15) is 0 Å². The SMILES string of the molecule is CCC(C)/C(=N/C)N(C)C. The van der Waals surface area contributed by atoms with Crippen LogP contribution in [0.15, 0.2) is 4.99 Å². The Balaban J connectivity index is 4.08. The highest BCUT2D eigenvalue weighted by Gasteiger charge is 2.08. The van der Waals surface area contributed by atoms with Gasteiger partial charge in [0.2, 0.25) is 0 Å². The zero-order valence-electron chi connectivity index (χ0n) is 7.68. The Morgan fingerprint density at radius 1 is 1.50 bits per heavy atom. The molecule has 0 saturated heterocycles. The molecule has 0 amide bonds. The molecule has 0 bridgehead atoms. The molecular formula is C8H18N2. The molecule has 0 spiro atoms. The van der Waals surface area contributed by atoms with Gasteiger partial charge in [-0.1, -0.05) is 13.8 Å². The zero-order chi connectivity index (χ0) is 8.15. The lowest BCUT2D eigenvalue weighted by molar-refractivity contribution is 0.551. The number of hydrogen-bond acceptors (Lipinski definition) is 1. The van der Waals surface area contributed by atoms with E-state index in [1.807, 2.05) is 21.1 Å². The molecular weight excluding hydrogens is 124 g/mol. The first-order chi connectivity index (χ1) is 4.63. The van der Waals surface area contributed by atoms with Crippen LogP contribution >= 0.6 is 0 Å². The summed E-state index contributed by atoms with van der Waals surface area (Å²) in [5.74, 6) is 1.77. The molecule has 10 heavy (non-hydrogen) atoms. The van der Waals surface area contributed by atoms with E-state index < -0.39 is 0 Å². The number of hydrogen-bond donors (Lipinski definition) is 0. The quantitative estimate of drug-likeness (QED) is 0.422. The molecule has 0 radical (unpaired) electrons. The normalized spacial score (nSPS) is 15.1. The molecule has 0 rings (SSSR count). The van der Waals surface area contributed by atoms with Gasteiger partial charge in [0.05, 0.1) is 0 Å². The molecule has 0 saturated carbocycles. The first-order valence-corrected chi connectivity index (χ1v) is 3.77. The second kappa shape index (κ2) is 4.31. The maximum Gasteiger partial charge on any atom is 0.101 e. The number of aliphatic imine (C=N–C) groups is 1. The van der Waals surface area contributed by atoms with Crippen molar-refractivity contribution >= 4 is 5.84 Å². The minimum Gasteiger partial charge on any atom is -0.366 e. The predicted molar refractivity (Wildman–Crippen MR) is 46.5 cm³/mol. The molecule has 0 aliphatic rings. The first-order valence-electron chi connectivity index (χ1n) is 3.77. The summed E-state index contributed by atoms with van der Waals surface area (Å²) in [4.78, 5) is 6.28. The molecule has 2 nitrogen and oxygen atoms in total. The van der Waals surface area contributed by atoms with Crippen molar-refractivity contribution in [3.8, 4) is 0 Å². The van der Waals surface area contributed by atoms with Crippen LogP contribution in [-0.2, 0) is 0 Å². The van der Waals surface area contributed by atoms with Gasteiger partial charge in [-0.2, -0.15) is 0 Å². The van der Waals surface area contributed by atoms with E-state index in [2.05, 4.69) is 23.7 Å². The molecule has 0 aliphatic heterocycles. The van der Waals surface area contributed by atoms with Crippen molar-refractivity contribution in [1.82, 2.24) is 4.90 Å². The highest BCUT2D eigenvalue weighted by molar-refractivity contribution is 5.83. The lowest BCUT2D eigenvalue weighted by Gasteiger charge is -2.19. The minimum absolute atomic E-state index is 0.583. The zero-order valence-corrected chi connectivity index (χ0v) is 7.68. The van der Waals surface area contributed by atoms with Gasteiger partial charge in [-0.15, -0.1) is 0 Å². The van der Waals surface area contributed by atoms with Crippen LogP contribution in [0.3, 0.4) is 0 Å². The monoisotopic (exact) mass is 142 g/mol. The van der Waals surface area contributed by atoms with Gasteiger partial charge in [-0.3, -0.25) is 4.99 Å².